The van der Waals surface area contributed by atoms with Crippen molar-refractivity contribution in [2.45, 2.75) is 24.4 Å². The predicted octanol–water partition coefficient (Wildman–Crippen LogP) is -0.630. The molecule has 0 aliphatic carbocycles. The molecule has 0 fully saturated rings. The van der Waals surface area contributed by atoms with Gasteiger partial charge in [-0.05, 0) is 0 Å². The second kappa shape index (κ2) is 8.13. The molecule has 0 aromatic rings. The third-order valence-electron chi connectivity index (χ3n) is 1.58. The van der Waals surface area contributed by atoms with E-state index in [0.29, 0.717) is 6.29 Å². The summed E-state index contributed by atoms with van der Waals surface area (Å²) >= 11 is 2.97. The van der Waals surface area contributed by atoms with Gasteiger partial charge in [0.05, 0.1) is 6.61 Å². The molecule has 4 unspecified atom stereocenters. The molecule has 0 saturated carbocycles. The zero-order valence-corrected chi connectivity index (χ0v) is 11.2. The minimum Gasteiger partial charge on any atom is -0.394 e. The van der Waals surface area contributed by atoms with E-state index < -0.39 is 31.0 Å². The standard InChI is InChI=1S/C6H10I2O6/c7-13-4(2-10)6(14-8)5(12)3(11)1-9/h2-6,9,11-12H,1H2. The molecule has 0 bridgehead atoms. The maximum atomic E-state index is 10.5. The molecule has 0 heterocycles. The minimum atomic E-state index is -1.39. The van der Waals surface area contributed by atoms with Crippen LogP contribution in [-0.2, 0) is 10.9 Å². The van der Waals surface area contributed by atoms with E-state index in [4.69, 9.17) is 13.3 Å². The van der Waals surface area contributed by atoms with Gasteiger partial charge >= 0.3 is 0 Å². The number of aliphatic hydroxyl groups is 3. The Morgan fingerprint density at radius 2 is 1.86 bits per heavy atom. The van der Waals surface area contributed by atoms with Crippen LogP contribution in [-0.4, -0.2) is 52.6 Å². The summed E-state index contributed by atoms with van der Waals surface area (Å²) in [5.74, 6) is 0. The Kier molecular flexibility index (Phi) is 8.66. The van der Waals surface area contributed by atoms with Crippen molar-refractivity contribution in [3.63, 3.8) is 0 Å². The molecule has 0 spiro atoms. The monoisotopic (exact) mass is 432 g/mol. The molecule has 8 heteroatoms. The van der Waals surface area contributed by atoms with Crippen LogP contribution in [0.15, 0.2) is 0 Å². The van der Waals surface area contributed by atoms with Gasteiger partial charge in [0.1, 0.15) is 64.3 Å². The zero-order chi connectivity index (χ0) is 11.1. The van der Waals surface area contributed by atoms with Gasteiger partial charge in [0, 0.05) is 0 Å². The Morgan fingerprint density at radius 1 is 1.29 bits per heavy atom. The topological polar surface area (TPSA) is 96.2 Å². The van der Waals surface area contributed by atoms with Gasteiger partial charge in [0.15, 0.2) is 12.4 Å². The van der Waals surface area contributed by atoms with Crippen LogP contribution in [0.4, 0.5) is 0 Å². The maximum Gasteiger partial charge on any atom is 0.155 e. The van der Waals surface area contributed by atoms with Crippen molar-refractivity contribution >= 4 is 52.3 Å². The number of aliphatic hydroxyl groups excluding tert-OH is 3. The Hall–Kier alpha value is 0.930. The van der Waals surface area contributed by atoms with E-state index in [-0.39, 0.29) is 0 Å². The van der Waals surface area contributed by atoms with Crippen LogP contribution in [0.3, 0.4) is 0 Å². The highest BCUT2D eigenvalue weighted by atomic mass is 127. The molecule has 0 amide bonds. The summed E-state index contributed by atoms with van der Waals surface area (Å²) in [5, 5.41) is 27.1. The van der Waals surface area contributed by atoms with Crippen LogP contribution in [0.5, 0.6) is 0 Å². The Morgan fingerprint density at radius 3 is 2.14 bits per heavy atom. The van der Waals surface area contributed by atoms with Crippen molar-refractivity contribution < 1.29 is 26.2 Å². The fourth-order valence-corrected chi connectivity index (χ4v) is 1.77. The third-order valence-corrected chi connectivity index (χ3v) is 2.76. The largest absolute Gasteiger partial charge is 0.394 e. The summed E-state index contributed by atoms with van der Waals surface area (Å²) < 4.78 is 9.45. The van der Waals surface area contributed by atoms with Crippen molar-refractivity contribution in [1.82, 2.24) is 0 Å². The zero-order valence-electron chi connectivity index (χ0n) is 6.92. The van der Waals surface area contributed by atoms with Crippen LogP contribution in [0.1, 0.15) is 0 Å². The highest BCUT2D eigenvalue weighted by Crippen LogP contribution is 2.15. The van der Waals surface area contributed by atoms with Gasteiger partial charge in [-0.1, -0.05) is 0 Å². The lowest BCUT2D eigenvalue weighted by molar-refractivity contribution is -0.123. The lowest BCUT2D eigenvalue weighted by Crippen LogP contribution is -2.46. The molecule has 3 N–H and O–H groups in total. The second-order valence-electron chi connectivity index (χ2n) is 2.48. The molecular formula is C6H10I2O6. The van der Waals surface area contributed by atoms with Gasteiger partial charge < -0.3 is 26.2 Å². The number of hydrogen-bond donors (Lipinski definition) is 3. The average molecular weight is 432 g/mol. The number of hydrogen-bond acceptors (Lipinski definition) is 6. The highest BCUT2D eigenvalue weighted by Gasteiger charge is 2.34. The number of carbonyl (C=O) groups is 1. The molecule has 6 nitrogen and oxygen atoms in total. The number of rotatable bonds is 7. The normalized spacial score (nSPS) is 19.8. The quantitative estimate of drug-likeness (QED) is 0.367. The lowest BCUT2D eigenvalue weighted by Gasteiger charge is -2.25. The molecule has 0 radical (unpaired) electrons. The van der Waals surface area contributed by atoms with Crippen molar-refractivity contribution in [3.8, 4) is 0 Å². The molecule has 4 atom stereocenters. The van der Waals surface area contributed by atoms with Gasteiger partial charge in [-0.3, -0.25) is 0 Å². The molecule has 0 aromatic heterocycles. The molecule has 0 rings (SSSR count). The first-order valence-electron chi connectivity index (χ1n) is 3.59. The molecule has 0 aromatic carbocycles. The van der Waals surface area contributed by atoms with Crippen LogP contribution < -0.4 is 0 Å². The van der Waals surface area contributed by atoms with Crippen molar-refractivity contribution in [2.75, 3.05) is 6.61 Å². The molecule has 0 aliphatic rings. The first-order chi connectivity index (χ1) is 6.62. The van der Waals surface area contributed by atoms with E-state index in [1.807, 2.05) is 0 Å². The first kappa shape index (κ1) is 14.9. The van der Waals surface area contributed by atoms with E-state index in [9.17, 15) is 9.90 Å². The van der Waals surface area contributed by atoms with E-state index >= 15 is 0 Å². The molecule has 0 saturated heterocycles. The smallest absolute Gasteiger partial charge is 0.155 e. The second-order valence-corrected chi connectivity index (χ2v) is 3.50. The van der Waals surface area contributed by atoms with Crippen molar-refractivity contribution in [1.29, 1.82) is 0 Å². The maximum absolute atomic E-state index is 10.5. The third kappa shape index (κ3) is 4.20. The Bertz CT molecular complexity index is 168. The van der Waals surface area contributed by atoms with Gasteiger partial charge in [0.25, 0.3) is 0 Å². The summed E-state index contributed by atoms with van der Waals surface area (Å²) in [4.78, 5) is 10.5. The SMILES string of the molecule is O=CC(OI)C(OI)C(O)C(O)CO. The fourth-order valence-electron chi connectivity index (χ4n) is 0.774. The first-order valence-corrected chi connectivity index (χ1v) is 5.35. The average Bonchev–Trinajstić information content (AvgIpc) is 2.23. The number of carbonyl (C=O) groups excluding carboxylic acids is 1. The van der Waals surface area contributed by atoms with Gasteiger partial charge in [-0.2, -0.15) is 0 Å². The predicted molar refractivity (Wildman–Crippen MR) is 62.9 cm³/mol. The van der Waals surface area contributed by atoms with Gasteiger partial charge in [0.2, 0.25) is 0 Å². The van der Waals surface area contributed by atoms with E-state index in [1.54, 1.807) is 0 Å². The Balaban J connectivity index is 4.44. The van der Waals surface area contributed by atoms with Gasteiger partial charge in [-0.15, -0.1) is 0 Å². The number of halogens is 2. The Labute approximate surface area is 109 Å². The summed E-state index contributed by atoms with van der Waals surface area (Å²) in [7, 11) is 0. The molecule has 14 heavy (non-hydrogen) atoms. The molecule has 0 aliphatic heterocycles. The summed E-state index contributed by atoms with van der Waals surface area (Å²) in [6.45, 7) is -0.621. The van der Waals surface area contributed by atoms with E-state index in [0.717, 1.165) is 0 Å². The van der Waals surface area contributed by atoms with Crippen LogP contribution in [0, 0.1) is 0 Å². The highest BCUT2D eigenvalue weighted by molar-refractivity contribution is 14.1. The van der Waals surface area contributed by atoms with Crippen LogP contribution >= 0.6 is 46.0 Å². The molecular weight excluding hydrogens is 422 g/mol. The van der Waals surface area contributed by atoms with E-state index in [2.05, 4.69) is 3.07 Å². The summed E-state index contributed by atoms with van der Waals surface area (Å²) in [6, 6.07) is 0. The summed E-state index contributed by atoms with van der Waals surface area (Å²) in [6.07, 6.45) is -4.33. The minimum absolute atomic E-state index is 0.448. The van der Waals surface area contributed by atoms with Crippen molar-refractivity contribution in [2.24, 2.45) is 0 Å². The number of aldehydes is 1. The summed E-state index contributed by atoms with van der Waals surface area (Å²) in [5.41, 5.74) is 0. The van der Waals surface area contributed by atoms with E-state index in [1.165, 1.54) is 46.0 Å². The van der Waals surface area contributed by atoms with Crippen LogP contribution in [0.25, 0.3) is 0 Å². The van der Waals surface area contributed by atoms with Gasteiger partial charge in [-0.25, -0.2) is 0 Å². The van der Waals surface area contributed by atoms with Crippen molar-refractivity contribution in [3.05, 3.63) is 0 Å². The fraction of sp³-hybridized carbons (Fsp3) is 0.833. The van der Waals surface area contributed by atoms with Crippen LogP contribution in [0.2, 0.25) is 0 Å². The lowest BCUT2D eigenvalue weighted by atomic mass is 10.0. The molecule has 84 valence electrons.